The van der Waals surface area contributed by atoms with Gasteiger partial charge >= 0.3 is 0 Å². The maximum absolute atomic E-state index is 5.20. The second kappa shape index (κ2) is 6.44. The minimum atomic E-state index is 0.463. The maximum Gasteiger partial charge on any atom is 0.186 e. The predicted molar refractivity (Wildman–Crippen MR) is 73.1 cm³/mol. The fourth-order valence-corrected chi connectivity index (χ4v) is 1.45. The summed E-state index contributed by atoms with van der Waals surface area (Å²) < 4.78 is 6.16. The van der Waals surface area contributed by atoms with Gasteiger partial charge in [-0.3, -0.25) is 5.43 Å². The monoisotopic (exact) mass is 301 g/mol. The molecule has 0 fully saturated rings. The van der Waals surface area contributed by atoms with Crippen molar-refractivity contribution >= 4 is 39.5 Å². The second-order valence-corrected chi connectivity index (χ2v) is 4.16. The molecule has 4 nitrogen and oxygen atoms in total. The van der Waals surface area contributed by atoms with E-state index in [0.717, 1.165) is 15.8 Å². The van der Waals surface area contributed by atoms with E-state index in [-0.39, 0.29) is 0 Å². The van der Waals surface area contributed by atoms with Gasteiger partial charge in [-0.05, 0) is 30.4 Å². The Kier molecular flexibility index (Phi) is 5.21. The summed E-state index contributed by atoms with van der Waals surface area (Å²) in [7, 11) is 3.34. The average molecular weight is 302 g/mol. The Morgan fingerprint density at radius 3 is 2.94 bits per heavy atom. The second-order valence-electron chi connectivity index (χ2n) is 2.84. The lowest BCUT2D eigenvalue weighted by atomic mass is 10.2. The molecular formula is C10H12BrN3OS. The molecule has 0 heterocycles. The Balaban J connectivity index is 2.79. The highest BCUT2D eigenvalue weighted by molar-refractivity contribution is 9.10. The summed E-state index contributed by atoms with van der Waals surface area (Å²) in [6.45, 7) is 0. The number of hydrazone groups is 1. The smallest absolute Gasteiger partial charge is 0.186 e. The quantitative estimate of drug-likeness (QED) is 0.508. The third-order valence-corrected chi connectivity index (χ3v) is 2.58. The Labute approximate surface area is 108 Å². The lowest BCUT2D eigenvalue weighted by Gasteiger charge is -2.05. The molecule has 16 heavy (non-hydrogen) atoms. The highest BCUT2D eigenvalue weighted by atomic mass is 79.9. The minimum Gasteiger partial charge on any atom is -0.496 e. The largest absolute Gasteiger partial charge is 0.496 e. The number of methoxy groups -OCH3 is 1. The highest BCUT2D eigenvalue weighted by Gasteiger charge is 2.00. The molecule has 0 saturated carbocycles. The molecule has 1 aromatic carbocycles. The van der Waals surface area contributed by atoms with Crippen LogP contribution >= 0.6 is 28.1 Å². The molecule has 0 aromatic heterocycles. The molecule has 0 spiro atoms. The number of thiocarbonyl (C=S) groups is 1. The topological polar surface area (TPSA) is 45.7 Å². The van der Waals surface area contributed by atoms with Crippen LogP contribution in [0.5, 0.6) is 5.75 Å². The summed E-state index contributed by atoms with van der Waals surface area (Å²) in [5.74, 6) is 0.754. The Hall–Kier alpha value is -1.14. The van der Waals surface area contributed by atoms with Crippen LogP contribution in [0.4, 0.5) is 0 Å². The van der Waals surface area contributed by atoms with Crippen LogP contribution in [-0.2, 0) is 0 Å². The van der Waals surface area contributed by atoms with Gasteiger partial charge in [0.1, 0.15) is 5.75 Å². The number of rotatable bonds is 3. The fraction of sp³-hybridized carbons (Fsp3) is 0.200. The molecule has 1 aromatic rings. The molecule has 86 valence electrons. The summed E-state index contributed by atoms with van der Waals surface area (Å²) >= 11 is 8.27. The van der Waals surface area contributed by atoms with Crippen molar-refractivity contribution in [2.24, 2.45) is 5.10 Å². The van der Waals surface area contributed by atoms with Gasteiger partial charge in [-0.15, -0.1) is 0 Å². The van der Waals surface area contributed by atoms with Crippen molar-refractivity contribution in [2.75, 3.05) is 14.2 Å². The van der Waals surface area contributed by atoms with Crippen LogP contribution in [0.25, 0.3) is 0 Å². The molecule has 2 N–H and O–H groups in total. The zero-order valence-electron chi connectivity index (χ0n) is 8.95. The van der Waals surface area contributed by atoms with Crippen molar-refractivity contribution in [3.8, 4) is 5.75 Å². The molecule has 0 bridgehead atoms. The van der Waals surface area contributed by atoms with E-state index < -0.39 is 0 Å². The number of nitrogens with one attached hydrogen (secondary N) is 2. The molecule has 1 rings (SSSR count). The van der Waals surface area contributed by atoms with Crippen molar-refractivity contribution in [1.82, 2.24) is 10.7 Å². The molecule has 0 saturated heterocycles. The van der Waals surface area contributed by atoms with E-state index in [1.807, 2.05) is 18.2 Å². The van der Waals surface area contributed by atoms with Gasteiger partial charge in [0, 0.05) is 17.1 Å². The first-order valence-electron chi connectivity index (χ1n) is 4.51. The third kappa shape index (κ3) is 3.79. The molecule has 0 radical (unpaired) electrons. The van der Waals surface area contributed by atoms with Crippen LogP contribution in [0.3, 0.4) is 0 Å². The van der Waals surface area contributed by atoms with Gasteiger partial charge in [0.15, 0.2) is 5.11 Å². The van der Waals surface area contributed by atoms with Crippen molar-refractivity contribution in [1.29, 1.82) is 0 Å². The molecule has 0 aliphatic carbocycles. The van der Waals surface area contributed by atoms with Crippen LogP contribution in [0.2, 0.25) is 0 Å². The van der Waals surface area contributed by atoms with E-state index in [4.69, 9.17) is 17.0 Å². The average Bonchev–Trinajstić information content (AvgIpc) is 2.29. The van der Waals surface area contributed by atoms with Gasteiger partial charge in [0.05, 0.1) is 13.3 Å². The van der Waals surface area contributed by atoms with Crippen molar-refractivity contribution in [3.63, 3.8) is 0 Å². The van der Waals surface area contributed by atoms with Crippen LogP contribution in [0.15, 0.2) is 27.8 Å². The molecule has 0 atom stereocenters. The van der Waals surface area contributed by atoms with Crippen LogP contribution in [-0.4, -0.2) is 25.5 Å². The van der Waals surface area contributed by atoms with E-state index in [1.54, 1.807) is 20.4 Å². The van der Waals surface area contributed by atoms with Gasteiger partial charge in [0.2, 0.25) is 0 Å². The Bertz CT molecular complexity index is 409. The van der Waals surface area contributed by atoms with E-state index in [0.29, 0.717) is 5.11 Å². The van der Waals surface area contributed by atoms with E-state index in [1.165, 1.54) is 0 Å². The van der Waals surface area contributed by atoms with E-state index in [9.17, 15) is 0 Å². The van der Waals surface area contributed by atoms with Crippen LogP contribution < -0.4 is 15.5 Å². The molecule has 0 aliphatic heterocycles. The first kappa shape index (κ1) is 12.9. The van der Waals surface area contributed by atoms with Gasteiger partial charge in [0.25, 0.3) is 0 Å². The van der Waals surface area contributed by atoms with Gasteiger partial charge in [-0.25, -0.2) is 0 Å². The lowest BCUT2D eigenvalue weighted by Crippen LogP contribution is -2.28. The fourth-order valence-electron chi connectivity index (χ4n) is 1.02. The van der Waals surface area contributed by atoms with Gasteiger partial charge in [-0.2, -0.15) is 5.10 Å². The molecular weight excluding hydrogens is 290 g/mol. The summed E-state index contributed by atoms with van der Waals surface area (Å²) in [4.78, 5) is 0. The van der Waals surface area contributed by atoms with Crippen molar-refractivity contribution < 1.29 is 4.74 Å². The summed E-state index contributed by atoms with van der Waals surface area (Å²) in [6.07, 6.45) is 1.65. The molecule has 0 unspecified atom stereocenters. The Morgan fingerprint density at radius 1 is 1.56 bits per heavy atom. The maximum atomic E-state index is 5.20. The summed E-state index contributed by atoms with van der Waals surface area (Å²) in [5, 5.41) is 7.20. The first-order valence-corrected chi connectivity index (χ1v) is 5.72. The molecule has 0 amide bonds. The number of hydrogen-bond acceptors (Lipinski definition) is 3. The lowest BCUT2D eigenvalue weighted by molar-refractivity contribution is 0.414. The third-order valence-electron chi connectivity index (χ3n) is 1.79. The molecule has 6 heteroatoms. The number of ether oxygens (including phenoxy) is 1. The van der Waals surface area contributed by atoms with Crippen molar-refractivity contribution in [3.05, 3.63) is 28.2 Å². The zero-order chi connectivity index (χ0) is 12.0. The van der Waals surface area contributed by atoms with E-state index in [2.05, 4.69) is 31.8 Å². The first-order chi connectivity index (χ1) is 7.67. The summed E-state index contributed by atoms with van der Waals surface area (Å²) in [6, 6.07) is 5.68. The van der Waals surface area contributed by atoms with Crippen LogP contribution in [0, 0.1) is 0 Å². The predicted octanol–water partition coefficient (Wildman–Crippen LogP) is 1.89. The number of nitrogens with zero attached hydrogens (tertiary/aromatic N) is 1. The zero-order valence-corrected chi connectivity index (χ0v) is 11.4. The normalized spacial score (nSPS) is 10.2. The van der Waals surface area contributed by atoms with Gasteiger partial charge in [-0.1, -0.05) is 15.9 Å². The number of hydrogen-bond donors (Lipinski definition) is 2. The van der Waals surface area contributed by atoms with Gasteiger partial charge < -0.3 is 10.1 Å². The summed E-state index contributed by atoms with van der Waals surface area (Å²) in [5.41, 5.74) is 3.53. The highest BCUT2D eigenvalue weighted by Crippen LogP contribution is 2.21. The Morgan fingerprint density at radius 2 is 2.31 bits per heavy atom. The van der Waals surface area contributed by atoms with Crippen molar-refractivity contribution in [2.45, 2.75) is 0 Å². The SMILES string of the molecule is CNC(=S)NN=Cc1cc(Br)ccc1OC. The standard InChI is InChI=1S/C10H12BrN3OS/c1-12-10(16)14-13-6-7-5-8(11)3-4-9(7)15-2/h3-6H,1-2H3,(H2,12,14,16). The number of halogens is 1. The van der Waals surface area contributed by atoms with Crippen LogP contribution in [0.1, 0.15) is 5.56 Å². The molecule has 0 aliphatic rings. The minimum absolute atomic E-state index is 0.463. The van der Waals surface area contributed by atoms with E-state index >= 15 is 0 Å². The number of benzene rings is 1.